The van der Waals surface area contributed by atoms with Crippen LogP contribution in [0, 0.1) is 13.8 Å². The van der Waals surface area contributed by atoms with Gasteiger partial charge in [-0.3, -0.25) is 14.3 Å². The minimum atomic E-state index is -0.840. The Hall–Kier alpha value is -1.20. The van der Waals surface area contributed by atoms with Crippen molar-refractivity contribution in [2.75, 3.05) is 24.6 Å². The quantitative estimate of drug-likeness (QED) is 0.895. The van der Waals surface area contributed by atoms with Crippen LogP contribution in [0.4, 0.5) is 0 Å². The summed E-state index contributed by atoms with van der Waals surface area (Å²) in [6.07, 6.45) is -0.0862. The van der Waals surface area contributed by atoms with Crippen LogP contribution in [-0.2, 0) is 15.6 Å². The first-order valence-corrected chi connectivity index (χ1v) is 8.46. The number of carbonyl (C=O) groups excluding carboxylic acids is 1. The van der Waals surface area contributed by atoms with E-state index in [1.54, 1.807) is 0 Å². The van der Waals surface area contributed by atoms with Crippen molar-refractivity contribution >= 4 is 16.7 Å². The van der Waals surface area contributed by atoms with E-state index in [0.717, 1.165) is 5.56 Å². The number of carbonyl (C=O) groups is 1. The lowest BCUT2D eigenvalue weighted by Gasteiger charge is -2.26. The fourth-order valence-electron chi connectivity index (χ4n) is 2.55. The summed E-state index contributed by atoms with van der Waals surface area (Å²) in [5.74, 6) is 1.28. The van der Waals surface area contributed by atoms with Gasteiger partial charge in [0.05, 0.1) is 6.54 Å². The van der Waals surface area contributed by atoms with Gasteiger partial charge < -0.3 is 4.90 Å². The summed E-state index contributed by atoms with van der Waals surface area (Å²) >= 11 is 0. The molecule has 1 aliphatic rings. The van der Waals surface area contributed by atoms with Gasteiger partial charge in [0, 0.05) is 28.9 Å². The van der Waals surface area contributed by atoms with E-state index in [2.05, 4.69) is 37.4 Å². The molecule has 1 amide bonds. The van der Waals surface area contributed by atoms with Crippen LogP contribution in [0.5, 0.6) is 0 Å². The second kappa shape index (κ2) is 6.50. The van der Waals surface area contributed by atoms with Crippen LogP contribution in [-0.4, -0.2) is 39.6 Å². The Morgan fingerprint density at radius 3 is 2.80 bits per heavy atom. The van der Waals surface area contributed by atoms with E-state index in [9.17, 15) is 9.00 Å². The highest BCUT2D eigenvalue weighted by atomic mass is 32.2. The van der Waals surface area contributed by atoms with Crippen LogP contribution in [0.3, 0.4) is 0 Å². The van der Waals surface area contributed by atoms with Crippen molar-refractivity contribution in [3.8, 4) is 0 Å². The molecule has 2 atom stereocenters. The average molecular weight is 294 g/mol. The number of hydrogen-bond acceptors (Lipinski definition) is 3. The number of nitrogens with zero attached hydrogens (tertiary/aromatic N) is 1. The number of hydrogen-bond donors (Lipinski definition) is 1. The van der Waals surface area contributed by atoms with E-state index in [-0.39, 0.29) is 12.1 Å². The SMILES string of the molecule is CCS(=O)CCN1C(=O)CNC1c1ccc(C)cc1C. The molecule has 20 heavy (non-hydrogen) atoms. The molecule has 0 aromatic heterocycles. The van der Waals surface area contributed by atoms with Crippen molar-refractivity contribution < 1.29 is 9.00 Å². The molecule has 0 bridgehead atoms. The molecule has 1 N–H and O–H groups in total. The molecule has 1 aromatic rings. The highest BCUT2D eigenvalue weighted by molar-refractivity contribution is 7.84. The van der Waals surface area contributed by atoms with Gasteiger partial charge in [-0.25, -0.2) is 0 Å². The predicted molar refractivity (Wildman–Crippen MR) is 81.9 cm³/mol. The van der Waals surface area contributed by atoms with E-state index in [4.69, 9.17) is 0 Å². The van der Waals surface area contributed by atoms with Gasteiger partial charge >= 0.3 is 0 Å². The van der Waals surface area contributed by atoms with Gasteiger partial charge in [0.2, 0.25) is 5.91 Å². The molecule has 0 radical (unpaired) electrons. The van der Waals surface area contributed by atoms with Gasteiger partial charge in [-0.2, -0.15) is 0 Å². The topological polar surface area (TPSA) is 49.4 Å². The standard InChI is InChI=1S/C15H22N2O2S/c1-4-20(19)8-7-17-14(18)10-16-15(17)13-6-5-11(2)9-12(13)3/h5-6,9,15-16H,4,7-8,10H2,1-3H3. The Morgan fingerprint density at radius 2 is 2.15 bits per heavy atom. The highest BCUT2D eigenvalue weighted by Crippen LogP contribution is 2.25. The van der Waals surface area contributed by atoms with E-state index in [1.807, 2.05) is 11.8 Å². The monoisotopic (exact) mass is 294 g/mol. The first-order valence-electron chi connectivity index (χ1n) is 6.98. The van der Waals surface area contributed by atoms with Crippen molar-refractivity contribution in [1.29, 1.82) is 0 Å². The molecule has 1 aromatic carbocycles. The van der Waals surface area contributed by atoms with Gasteiger partial charge in [0.25, 0.3) is 0 Å². The largest absolute Gasteiger partial charge is 0.321 e. The smallest absolute Gasteiger partial charge is 0.238 e. The molecule has 0 spiro atoms. The van der Waals surface area contributed by atoms with Gasteiger partial charge in [0.15, 0.2) is 0 Å². The molecule has 1 fully saturated rings. The lowest BCUT2D eigenvalue weighted by atomic mass is 10.0. The second-order valence-corrected chi connectivity index (χ2v) is 7.03. The molecule has 5 heteroatoms. The van der Waals surface area contributed by atoms with E-state index in [0.29, 0.717) is 24.6 Å². The summed E-state index contributed by atoms with van der Waals surface area (Å²) < 4.78 is 11.6. The van der Waals surface area contributed by atoms with Crippen LogP contribution in [0.25, 0.3) is 0 Å². The third kappa shape index (κ3) is 3.27. The van der Waals surface area contributed by atoms with Crippen LogP contribution >= 0.6 is 0 Å². The first-order chi connectivity index (χ1) is 9.52. The van der Waals surface area contributed by atoms with Gasteiger partial charge in [-0.15, -0.1) is 0 Å². The number of amides is 1. The zero-order valence-electron chi connectivity index (χ0n) is 12.3. The van der Waals surface area contributed by atoms with E-state index in [1.165, 1.54) is 11.1 Å². The molecular weight excluding hydrogens is 272 g/mol. The third-order valence-electron chi connectivity index (χ3n) is 3.68. The predicted octanol–water partition coefficient (Wildman–Crippen LogP) is 1.50. The zero-order chi connectivity index (χ0) is 14.7. The van der Waals surface area contributed by atoms with Crippen molar-refractivity contribution in [3.05, 3.63) is 34.9 Å². The molecule has 0 aliphatic carbocycles. The van der Waals surface area contributed by atoms with Gasteiger partial charge in [-0.1, -0.05) is 30.7 Å². The Morgan fingerprint density at radius 1 is 1.40 bits per heavy atom. The Bertz CT molecular complexity index is 531. The lowest BCUT2D eigenvalue weighted by Crippen LogP contribution is -2.34. The van der Waals surface area contributed by atoms with E-state index >= 15 is 0 Å². The van der Waals surface area contributed by atoms with E-state index < -0.39 is 10.8 Å². The van der Waals surface area contributed by atoms with Crippen LogP contribution in [0.1, 0.15) is 29.8 Å². The molecule has 110 valence electrons. The summed E-state index contributed by atoms with van der Waals surface area (Å²) in [6, 6.07) is 6.27. The molecule has 0 saturated carbocycles. The zero-order valence-corrected chi connectivity index (χ0v) is 13.1. The molecule has 1 heterocycles. The minimum absolute atomic E-state index is 0.0862. The van der Waals surface area contributed by atoms with Crippen LogP contribution < -0.4 is 5.32 Å². The molecule has 4 nitrogen and oxygen atoms in total. The third-order valence-corrected chi connectivity index (χ3v) is 4.96. The van der Waals surface area contributed by atoms with Crippen molar-refractivity contribution in [2.24, 2.45) is 0 Å². The molecule has 1 aliphatic heterocycles. The van der Waals surface area contributed by atoms with Crippen LogP contribution in [0.2, 0.25) is 0 Å². The Kier molecular flexibility index (Phi) is 4.94. The minimum Gasteiger partial charge on any atom is -0.321 e. The number of rotatable bonds is 5. The first kappa shape index (κ1) is 15.2. The summed E-state index contributed by atoms with van der Waals surface area (Å²) in [5.41, 5.74) is 3.52. The van der Waals surface area contributed by atoms with Gasteiger partial charge in [0.1, 0.15) is 6.17 Å². The normalized spacial score (nSPS) is 20.4. The lowest BCUT2D eigenvalue weighted by molar-refractivity contribution is -0.127. The maximum atomic E-state index is 12.0. The van der Waals surface area contributed by atoms with Crippen LogP contribution in [0.15, 0.2) is 18.2 Å². The summed E-state index contributed by atoms with van der Waals surface area (Å²) in [5, 5.41) is 3.25. The van der Waals surface area contributed by atoms with Crippen molar-refractivity contribution in [1.82, 2.24) is 10.2 Å². The molecule has 1 saturated heterocycles. The summed E-state index contributed by atoms with van der Waals surface area (Å²) in [6.45, 7) is 6.93. The highest BCUT2D eigenvalue weighted by Gasteiger charge is 2.32. The maximum absolute atomic E-state index is 12.0. The fourth-order valence-corrected chi connectivity index (χ4v) is 3.24. The summed E-state index contributed by atoms with van der Waals surface area (Å²) in [4.78, 5) is 13.8. The summed E-state index contributed by atoms with van der Waals surface area (Å²) in [7, 11) is -0.840. The number of aryl methyl sites for hydroxylation is 2. The Balaban J connectivity index is 2.17. The van der Waals surface area contributed by atoms with Crippen molar-refractivity contribution in [2.45, 2.75) is 26.9 Å². The fraction of sp³-hybridized carbons (Fsp3) is 0.533. The average Bonchev–Trinajstić information content (AvgIpc) is 2.77. The Labute approximate surface area is 123 Å². The second-order valence-electron chi connectivity index (χ2n) is 5.16. The molecular formula is C15H22N2O2S. The number of nitrogens with one attached hydrogen (secondary N) is 1. The molecule has 2 rings (SSSR count). The van der Waals surface area contributed by atoms with Gasteiger partial charge in [-0.05, 0) is 25.0 Å². The van der Waals surface area contributed by atoms with Crippen molar-refractivity contribution in [3.63, 3.8) is 0 Å². The number of benzene rings is 1. The maximum Gasteiger partial charge on any atom is 0.238 e. The molecule has 2 unspecified atom stereocenters.